The number of hydrogen-bond donors (Lipinski definition) is 2. The van der Waals surface area contributed by atoms with Gasteiger partial charge in [0, 0.05) is 25.0 Å². The molecule has 1 rings (SSSR count). The largest absolute Gasteiger partial charge is 0.481 e. The third-order valence-electron chi connectivity index (χ3n) is 3.53. The normalized spacial score (nSPS) is 18.9. The maximum Gasteiger partial charge on any atom is 0.317 e. The van der Waals surface area contributed by atoms with E-state index in [9.17, 15) is 9.59 Å². The maximum atomic E-state index is 11.8. The second kappa shape index (κ2) is 6.61. The van der Waals surface area contributed by atoms with Gasteiger partial charge in [-0.1, -0.05) is 20.3 Å². The lowest BCUT2D eigenvalue weighted by Crippen LogP contribution is -2.55. The van der Waals surface area contributed by atoms with Crippen molar-refractivity contribution < 1.29 is 14.7 Å². The highest BCUT2D eigenvalue weighted by atomic mass is 16.4. The van der Waals surface area contributed by atoms with Crippen LogP contribution in [0.1, 0.15) is 40.0 Å². The van der Waals surface area contributed by atoms with Gasteiger partial charge in [-0.05, 0) is 19.3 Å². The first-order valence-electron chi connectivity index (χ1n) is 6.69. The molecule has 2 unspecified atom stereocenters. The van der Waals surface area contributed by atoms with Crippen molar-refractivity contribution in [3.8, 4) is 0 Å². The van der Waals surface area contributed by atoms with Crippen molar-refractivity contribution in [1.82, 2.24) is 10.2 Å². The van der Waals surface area contributed by atoms with Crippen molar-refractivity contribution in [2.24, 2.45) is 11.8 Å². The predicted molar refractivity (Wildman–Crippen MR) is 69.4 cm³/mol. The minimum absolute atomic E-state index is 0.0626. The number of urea groups is 1. The van der Waals surface area contributed by atoms with Crippen LogP contribution in [0.25, 0.3) is 0 Å². The molecule has 18 heavy (non-hydrogen) atoms. The minimum Gasteiger partial charge on any atom is -0.481 e. The van der Waals surface area contributed by atoms with Gasteiger partial charge in [-0.25, -0.2) is 4.79 Å². The maximum absolute atomic E-state index is 11.8. The smallest absolute Gasteiger partial charge is 0.317 e. The Hall–Kier alpha value is -1.26. The lowest BCUT2D eigenvalue weighted by Gasteiger charge is -2.39. The topological polar surface area (TPSA) is 69.6 Å². The molecule has 2 amide bonds. The Labute approximate surface area is 109 Å². The standard InChI is InChI=1S/C13H24N2O3/c1-4-9(2)5-10(3)14-13(18)15-7-11(8-15)6-12(16)17/h9-11H,4-8H2,1-3H3,(H,14,18)(H,16,17). The third kappa shape index (κ3) is 4.55. The fourth-order valence-electron chi connectivity index (χ4n) is 2.24. The van der Waals surface area contributed by atoms with E-state index in [1.807, 2.05) is 6.92 Å². The van der Waals surface area contributed by atoms with Gasteiger partial charge in [-0.2, -0.15) is 0 Å². The summed E-state index contributed by atoms with van der Waals surface area (Å²) >= 11 is 0. The first-order chi connectivity index (χ1) is 8.42. The summed E-state index contributed by atoms with van der Waals surface area (Å²) in [5, 5.41) is 11.6. The Bertz CT molecular complexity index is 301. The van der Waals surface area contributed by atoms with Crippen LogP contribution in [-0.2, 0) is 4.79 Å². The molecule has 0 radical (unpaired) electrons. The molecule has 1 fully saturated rings. The van der Waals surface area contributed by atoms with Crippen LogP contribution in [0.4, 0.5) is 4.79 Å². The highest BCUT2D eigenvalue weighted by Crippen LogP contribution is 2.19. The highest BCUT2D eigenvalue weighted by molar-refractivity contribution is 5.76. The van der Waals surface area contributed by atoms with E-state index < -0.39 is 5.97 Å². The van der Waals surface area contributed by atoms with Crippen molar-refractivity contribution in [3.05, 3.63) is 0 Å². The Kier molecular flexibility index (Phi) is 5.44. The zero-order valence-corrected chi connectivity index (χ0v) is 11.5. The van der Waals surface area contributed by atoms with Crippen molar-refractivity contribution in [2.75, 3.05) is 13.1 Å². The Morgan fingerprint density at radius 2 is 2.00 bits per heavy atom. The molecule has 0 aliphatic carbocycles. The fraction of sp³-hybridized carbons (Fsp3) is 0.846. The molecule has 0 spiro atoms. The lowest BCUT2D eigenvalue weighted by molar-refractivity contribution is -0.139. The number of carbonyl (C=O) groups excluding carboxylic acids is 1. The first-order valence-corrected chi connectivity index (χ1v) is 6.69. The molecular formula is C13H24N2O3. The third-order valence-corrected chi connectivity index (χ3v) is 3.53. The van der Waals surface area contributed by atoms with Gasteiger partial charge in [0.25, 0.3) is 0 Å². The molecule has 0 aromatic rings. The summed E-state index contributed by atoms with van der Waals surface area (Å²) in [6, 6.07) is 0.110. The lowest BCUT2D eigenvalue weighted by atomic mass is 9.97. The van der Waals surface area contributed by atoms with Crippen molar-refractivity contribution in [3.63, 3.8) is 0 Å². The van der Waals surface area contributed by atoms with Crippen LogP contribution in [0.2, 0.25) is 0 Å². The molecule has 5 nitrogen and oxygen atoms in total. The average Bonchev–Trinajstić information content (AvgIpc) is 2.21. The molecule has 1 aliphatic heterocycles. The predicted octanol–water partition coefficient (Wildman–Crippen LogP) is 1.93. The minimum atomic E-state index is -0.787. The zero-order valence-electron chi connectivity index (χ0n) is 11.5. The molecule has 2 N–H and O–H groups in total. The van der Waals surface area contributed by atoms with Gasteiger partial charge in [-0.3, -0.25) is 4.79 Å². The van der Waals surface area contributed by atoms with Crippen molar-refractivity contribution in [1.29, 1.82) is 0 Å². The van der Waals surface area contributed by atoms with Crippen LogP contribution in [-0.4, -0.2) is 41.1 Å². The van der Waals surface area contributed by atoms with E-state index in [0.717, 1.165) is 12.8 Å². The number of carbonyl (C=O) groups is 2. The molecule has 5 heteroatoms. The number of rotatable bonds is 6. The fourth-order valence-corrected chi connectivity index (χ4v) is 2.24. The molecule has 2 atom stereocenters. The SMILES string of the molecule is CCC(C)CC(C)NC(=O)N1CC(CC(=O)O)C1. The van der Waals surface area contributed by atoms with Crippen LogP contribution < -0.4 is 5.32 Å². The van der Waals surface area contributed by atoms with Gasteiger partial charge in [0.1, 0.15) is 0 Å². The summed E-state index contributed by atoms with van der Waals surface area (Å²) < 4.78 is 0. The number of likely N-dealkylation sites (tertiary alicyclic amines) is 1. The molecule has 0 saturated carbocycles. The van der Waals surface area contributed by atoms with Crippen LogP contribution >= 0.6 is 0 Å². The summed E-state index contributed by atoms with van der Waals surface area (Å²) in [6.07, 6.45) is 2.26. The number of carboxylic acid groups (broad SMARTS) is 1. The molecule has 1 heterocycles. The number of amides is 2. The van der Waals surface area contributed by atoms with Crippen molar-refractivity contribution in [2.45, 2.75) is 46.1 Å². The van der Waals surface area contributed by atoms with Gasteiger partial charge < -0.3 is 15.3 Å². The molecule has 0 bridgehead atoms. The van der Waals surface area contributed by atoms with Crippen LogP contribution in [0.5, 0.6) is 0 Å². The van der Waals surface area contributed by atoms with Gasteiger partial charge in [0.2, 0.25) is 0 Å². The van der Waals surface area contributed by atoms with E-state index in [1.54, 1.807) is 4.90 Å². The summed E-state index contributed by atoms with van der Waals surface area (Å²) in [4.78, 5) is 24.0. The van der Waals surface area contributed by atoms with E-state index >= 15 is 0 Å². The van der Waals surface area contributed by atoms with E-state index in [4.69, 9.17) is 5.11 Å². The highest BCUT2D eigenvalue weighted by Gasteiger charge is 2.32. The Morgan fingerprint density at radius 3 is 2.50 bits per heavy atom. The summed E-state index contributed by atoms with van der Waals surface area (Å²) in [7, 11) is 0. The van der Waals surface area contributed by atoms with Gasteiger partial charge in [0.15, 0.2) is 0 Å². The van der Waals surface area contributed by atoms with Gasteiger partial charge >= 0.3 is 12.0 Å². The Morgan fingerprint density at radius 1 is 1.39 bits per heavy atom. The van der Waals surface area contributed by atoms with E-state index in [2.05, 4.69) is 19.2 Å². The zero-order chi connectivity index (χ0) is 13.7. The van der Waals surface area contributed by atoms with Gasteiger partial charge in [0.05, 0.1) is 6.42 Å². The van der Waals surface area contributed by atoms with E-state index in [1.165, 1.54) is 0 Å². The van der Waals surface area contributed by atoms with Gasteiger partial charge in [-0.15, -0.1) is 0 Å². The Balaban J connectivity index is 2.21. The second-order valence-corrected chi connectivity index (χ2v) is 5.47. The quantitative estimate of drug-likeness (QED) is 0.763. The molecule has 0 aromatic carbocycles. The summed E-state index contributed by atoms with van der Waals surface area (Å²) in [5.41, 5.74) is 0. The number of nitrogens with zero attached hydrogens (tertiary/aromatic N) is 1. The van der Waals surface area contributed by atoms with Crippen LogP contribution in [0.3, 0.4) is 0 Å². The average molecular weight is 256 g/mol. The number of aliphatic carboxylic acids is 1. The number of carboxylic acids is 1. The van der Waals surface area contributed by atoms with Crippen LogP contribution in [0.15, 0.2) is 0 Å². The number of hydrogen-bond acceptors (Lipinski definition) is 2. The first kappa shape index (κ1) is 14.8. The molecule has 104 valence electrons. The summed E-state index contributed by atoms with van der Waals surface area (Å²) in [6.45, 7) is 7.46. The number of nitrogens with one attached hydrogen (secondary N) is 1. The summed E-state index contributed by atoms with van der Waals surface area (Å²) in [5.74, 6) is -0.0558. The molecule has 1 saturated heterocycles. The monoisotopic (exact) mass is 256 g/mol. The molecule has 0 aromatic heterocycles. The second-order valence-electron chi connectivity index (χ2n) is 5.47. The van der Waals surface area contributed by atoms with E-state index in [0.29, 0.717) is 19.0 Å². The van der Waals surface area contributed by atoms with Crippen LogP contribution in [0, 0.1) is 11.8 Å². The van der Waals surface area contributed by atoms with Crippen molar-refractivity contribution >= 4 is 12.0 Å². The molecular weight excluding hydrogens is 232 g/mol. The van der Waals surface area contributed by atoms with E-state index in [-0.39, 0.29) is 24.4 Å². The molecule has 1 aliphatic rings.